The van der Waals surface area contributed by atoms with Crippen molar-refractivity contribution in [3.63, 3.8) is 0 Å². The van der Waals surface area contributed by atoms with Gasteiger partial charge in [-0.1, -0.05) is 12.1 Å². The van der Waals surface area contributed by atoms with E-state index in [4.69, 9.17) is 4.74 Å². The molecule has 1 aromatic heterocycles. The van der Waals surface area contributed by atoms with Gasteiger partial charge < -0.3 is 4.74 Å². The van der Waals surface area contributed by atoms with Crippen molar-refractivity contribution < 1.29 is 9.53 Å². The summed E-state index contributed by atoms with van der Waals surface area (Å²) in [5.74, 6) is 0.547. The summed E-state index contributed by atoms with van der Waals surface area (Å²) in [6, 6.07) is 4.05. The molecule has 4 nitrogen and oxygen atoms in total. The number of ether oxygens (including phenoxy) is 1. The first kappa shape index (κ1) is 14.6. The van der Waals surface area contributed by atoms with Crippen LogP contribution < -0.4 is 0 Å². The van der Waals surface area contributed by atoms with Crippen LogP contribution in [0.1, 0.15) is 17.7 Å². The minimum absolute atomic E-state index is 0.0654. The maximum Gasteiger partial charge on any atom is 0.410 e. The topological polar surface area (TPSA) is 32.8 Å². The van der Waals surface area contributed by atoms with Gasteiger partial charge in [-0.25, -0.2) is 4.79 Å². The van der Waals surface area contributed by atoms with Gasteiger partial charge in [-0.2, -0.15) is 0 Å². The first-order valence-electron chi connectivity index (χ1n) is 7.57. The molecule has 3 fully saturated rings. The van der Waals surface area contributed by atoms with E-state index in [0.29, 0.717) is 19.0 Å². The molecule has 5 heteroatoms. The fourth-order valence-electron chi connectivity index (χ4n) is 3.20. The van der Waals surface area contributed by atoms with Gasteiger partial charge in [-0.05, 0) is 43.3 Å². The molecule has 3 aliphatic heterocycles. The summed E-state index contributed by atoms with van der Waals surface area (Å²) in [4.78, 5) is 17.7. The number of fused-ring (bicyclic) bond motifs is 3. The Kier molecular flexibility index (Phi) is 4.60. The normalized spacial score (nSPS) is 27.3. The fraction of sp³-hybridized carbons (Fsp3) is 0.562. The number of hydrogen-bond acceptors (Lipinski definition) is 4. The van der Waals surface area contributed by atoms with Crippen molar-refractivity contribution in [1.82, 2.24) is 9.80 Å². The van der Waals surface area contributed by atoms with Crippen LogP contribution >= 0.6 is 11.3 Å². The summed E-state index contributed by atoms with van der Waals surface area (Å²) in [7, 11) is 0. The van der Waals surface area contributed by atoms with Crippen LogP contribution in [0.25, 0.3) is 0 Å². The van der Waals surface area contributed by atoms with Gasteiger partial charge in [0.05, 0.1) is 6.54 Å². The van der Waals surface area contributed by atoms with Crippen molar-refractivity contribution in [2.45, 2.75) is 25.5 Å². The van der Waals surface area contributed by atoms with Crippen molar-refractivity contribution in [3.8, 4) is 0 Å². The quantitative estimate of drug-likeness (QED) is 0.784. The number of thiophene rings is 1. The molecule has 114 valence electrons. The van der Waals surface area contributed by atoms with Crippen molar-refractivity contribution in [2.75, 3.05) is 26.2 Å². The second-order valence-corrected chi connectivity index (χ2v) is 6.84. The Morgan fingerprint density at radius 3 is 2.90 bits per heavy atom. The van der Waals surface area contributed by atoms with Crippen LogP contribution in [0, 0.1) is 5.92 Å². The average molecular weight is 306 g/mol. The van der Waals surface area contributed by atoms with Gasteiger partial charge in [0.1, 0.15) is 6.10 Å². The Hall–Kier alpha value is -1.33. The Balaban J connectivity index is 1.60. The summed E-state index contributed by atoms with van der Waals surface area (Å²) in [5, 5.41) is 2.03. The number of rotatable bonds is 5. The SMILES string of the molecule is C=CCN(Cc1cccs1)C(=O)O[C@H]1CN2CCC1CC2. The third kappa shape index (κ3) is 3.47. The van der Waals surface area contributed by atoms with Gasteiger partial charge in [-0.3, -0.25) is 9.80 Å². The molecule has 3 saturated heterocycles. The third-order valence-corrected chi connectivity index (χ3v) is 5.24. The summed E-state index contributed by atoms with van der Waals surface area (Å²) in [6.07, 6.45) is 3.93. The molecule has 0 aliphatic carbocycles. The maximum atomic E-state index is 12.4. The number of piperidine rings is 3. The van der Waals surface area contributed by atoms with Crippen molar-refractivity contribution >= 4 is 17.4 Å². The molecule has 0 unspecified atom stereocenters. The lowest BCUT2D eigenvalue weighted by atomic mass is 9.86. The van der Waals surface area contributed by atoms with E-state index in [2.05, 4.69) is 11.5 Å². The van der Waals surface area contributed by atoms with E-state index in [9.17, 15) is 4.79 Å². The van der Waals surface area contributed by atoms with Crippen molar-refractivity contribution in [3.05, 3.63) is 35.0 Å². The predicted molar refractivity (Wildman–Crippen MR) is 84.4 cm³/mol. The highest BCUT2D eigenvalue weighted by molar-refractivity contribution is 7.09. The summed E-state index contributed by atoms with van der Waals surface area (Å²) < 4.78 is 5.79. The minimum atomic E-state index is -0.206. The second-order valence-electron chi connectivity index (χ2n) is 5.81. The number of carbonyl (C=O) groups excluding carboxylic acids is 1. The lowest BCUT2D eigenvalue weighted by molar-refractivity contribution is -0.0434. The van der Waals surface area contributed by atoms with Gasteiger partial charge in [-0.15, -0.1) is 17.9 Å². The standard InChI is InChI=1S/C16H22N2O2S/c1-2-7-18(11-14-4-3-10-21-14)16(19)20-15-12-17-8-5-13(15)6-9-17/h2-4,10,13,15H,1,5-9,11-12H2/t15-/m0/s1. The predicted octanol–water partition coefficient (Wildman–Crippen LogP) is 2.97. The molecule has 1 aromatic rings. The first-order chi connectivity index (χ1) is 10.3. The lowest BCUT2D eigenvalue weighted by Gasteiger charge is -2.44. The van der Waals surface area contributed by atoms with Crippen LogP contribution in [0.5, 0.6) is 0 Å². The van der Waals surface area contributed by atoms with Crippen LogP contribution in [-0.4, -0.2) is 48.2 Å². The Morgan fingerprint density at radius 1 is 1.52 bits per heavy atom. The second kappa shape index (κ2) is 6.62. The highest BCUT2D eigenvalue weighted by atomic mass is 32.1. The molecule has 1 amide bonds. The first-order valence-corrected chi connectivity index (χ1v) is 8.45. The zero-order valence-electron chi connectivity index (χ0n) is 12.2. The molecule has 4 rings (SSSR count). The number of hydrogen-bond donors (Lipinski definition) is 0. The van der Waals surface area contributed by atoms with Gasteiger partial charge in [0.2, 0.25) is 0 Å². The maximum absolute atomic E-state index is 12.4. The molecule has 1 atom stereocenters. The average Bonchev–Trinajstić information content (AvgIpc) is 3.01. The number of carbonyl (C=O) groups is 1. The molecule has 3 aliphatic rings. The zero-order chi connectivity index (χ0) is 14.7. The Labute approximate surface area is 130 Å². The van der Waals surface area contributed by atoms with Gasteiger partial charge in [0, 0.05) is 18.0 Å². The lowest BCUT2D eigenvalue weighted by Crippen LogP contribution is -2.52. The van der Waals surface area contributed by atoms with Crippen molar-refractivity contribution in [2.24, 2.45) is 5.92 Å². The van der Waals surface area contributed by atoms with E-state index in [1.54, 1.807) is 22.3 Å². The Morgan fingerprint density at radius 2 is 2.33 bits per heavy atom. The summed E-state index contributed by atoms with van der Waals surface area (Å²) >= 11 is 1.66. The van der Waals surface area contributed by atoms with E-state index < -0.39 is 0 Å². The molecule has 0 N–H and O–H groups in total. The highest BCUT2D eigenvalue weighted by Crippen LogP contribution is 2.30. The van der Waals surface area contributed by atoms with Crippen LogP contribution in [0.4, 0.5) is 4.79 Å². The molecule has 0 aromatic carbocycles. The van der Waals surface area contributed by atoms with Crippen molar-refractivity contribution in [1.29, 1.82) is 0 Å². The van der Waals surface area contributed by atoms with Gasteiger partial charge in [0.25, 0.3) is 0 Å². The molecule has 2 bridgehead atoms. The van der Waals surface area contributed by atoms with Gasteiger partial charge in [0.15, 0.2) is 0 Å². The largest absolute Gasteiger partial charge is 0.444 e. The van der Waals surface area contributed by atoms with E-state index >= 15 is 0 Å². The molecular weight excluding hydrogens is 284 g/mol. The highest BCUT2D eigenvalue weighted by Gasteiger charge is 2.37. The van der Waals surface area contributed by atoms with E-state index in [1.165, 1.54) is 4.88 Å². The minimum Gasteiger partial charge on any atom is -0.444 e. The molecule has 0 saturated carbocycles. The number of amides is 1. The van der Waals surface area contributed by atoms with E-state index in [0.717, 1.165) is 32.5 Å². The Bertz CT molecular complexity index is 480. The van der Waals surface area contributed by atoms with Crippen LogP contribution in [0.15, 0.2) is 30.2 Å². The third-order valence-electron chi connectivity index (χ3n) is 4.38. The van der Waals surface area contributed by atoms with E-state index in [1.807, 2.05) is 17.5 Å². The summed E-state index contributed by atoms with van der Waals surface area (Å²) in [6.45, 7) is 8.08. The molecule has 0 radical (unpaired) electrons. The molecular formula is C16H22N2O2S. The molecule has 0 spiro atoms. The van der Waals surface area contributed by atoms with E-state index in [-0.39, 0.29) is 12.2 Å². The van der Waals surface area contributed by atoms with Crippen LogP contribution in [-0.2, 0) is 11.3 Å². The molecule has 4 heterocycles. The molecule has 21 heavy (non-hydrogen) atoms. The van der Waals surface area contributed by atoms with Crippen LogP contribution in [0.2, 0.25) is 0 Å². The van der Waals surface area contributed by atoms with Crippen LogP contribution in [0.3, 0.4) is 0 Å². The smallest absolute Gasteiger partial charge is 0.410 e. The van der Waals surface area contributed by atoms with Gasteiger partial charge >= 0.3 is 6.09 Å². The zero-order valence-corrected chi connectivity index (χ0v) is 13.1. The number of nitrogens with zero attached hydrogens (tertiary/aromatic N) is 2. The fourth-order valence-corrected chi connectivity index (χ4v) is 3.92. The monoisotopic (exact) mass is 306 g/mol. The summed E-state index contributed by atoms with van der Waals surface area (Å²) in [5.41, 5.74) is 0.